The van der Waals surface area contributed by atoms with E-state index in [2.05, 4.69) is 17.2 Å². The minimum atomic E-state index is -0.646. The Morgan fingerprint density at radius 1 is 1.12 bits per heavy atom. The number of pyridine rings is 1. The highest BCUT2D eigenvalue weighted by molar-refractivity contribution is 5.35. The number of unbranched alkanes of at least 4 members (excludes halogenated alkanes) is 5. The molecule has 0 bridgehead atoms. The lowest BCUT2D eigenvalue weighted by Crippen LogP contribution is -2.05. The van der Waals surface area contributed by atoms with Crippen molar-refractivity contribution in [1.29, 1.82) is 0 Å². The second-order valence-electron chi connectivity index (χ2n) is 4.18. The summed E-state index contributed by atoms with van der Waals surface area (Å²) in [5, 5.41) is 2.88. The molecule has 0 radical (unpaired) electrons. The van der Waals surface area contributed by atoms with E-state index in [1.807, 2.05) is 0 Å². The van der Waals surface area contributed by atoms with Gasteiger partial charge in [0, 0.05) is 12.6 Å². The van der Waals surface area contributed by atoms with Gasteiger partial charge in [-0.2, -0.15) is 0 Å². The fourth-order valence-electron chi connectivity index (χ4n) is 1.66. The third kappa shape index (κ3) is 5.61. The Labute approximate surface area is 101 Å². The fraction of sp³-hybridized carbons (Fsp3) is 0.615. The van der Waals surface area contributed by atoms with Crippen LogP contribution in [0.2, 0.25) is 0 Å². The second kappa shape index (κ2) is 7.98. The van der Waals surface area contributed by atoms with Crippen LogP contribution in [-0.4, -0.2) is 11.5 Å². The molecule has 1 heterocycles. The molecular weight excluding hydrogens is 222 g/mol. The summed E-state index contributed by atoms with van der Waals surface area (Å²) in [7, 11) is 0. The number of aromatic nitrogens is 1. The number of rotatable bonds is 8. The summed E-state index contributed by atoms with van der Waals surface area (Å²) in [4.78, 5) is 3.66. The maximum Gasteiger partial charge on any atom is 0.168 e. The molecule has 0 aliphatic rings. The third-order valence-electron chi connectivity index (χ3n) is 2.63. The van der Waals surface area contributed by atoms with E-state index in [1.54, 1.807) is 0 Å². The van der Waals surface area contributed by atoms with Crippen LogP contribution in [0.4, 0.5) is 14.6 Å². The lowest BCUT2D eigenvalue weighted by atomic mass is 10.1. The number of nitrogens with zero attached hydrogens (tertiary/aromatic N) is 1. The molecule has 96 valence electrons. The monoisotopic (exact) mass is 242 g/mol. The van der Waals surface area contributed by atoms with Gasteiger partial charge in [-0.1, -0.05) is 39.0 Å². The molecule has 1 aromatic rings. The summed E-state index contributed by atoms with van der Waals surface area (Å²) in [5.74, 6) is -1.14. The van der Waals surface area contributed by atoms with Gasteiger partial charge in [-0.15, -0.1) is 0 Å². The van der Waals surface area contributed by atoms with Crippen molar-refractivity contribution in [3.8, 4) is 0 Å². The fourth-order valence-corrected chi connectivity index (χ4v) is 1.66. The van der Waals surface area contributed by atoms with Crippen LogP contribution in [0.1, 0.15) is 45.4 Å². The average molecular weight is 242 g/mol. The molecule has 0 saturated carbocycles. The Hall–Kier alpha value is -1.19. The van der Waals surface area contributed by atoms with Gasteiger partial charge in [-0.3, -0.25) is 0 Å². The first kappa shape index (κ1) is 13.9. The Bertz CT molecular complexity index is 329. The maximum absolute atomic E-state index is 13.2. The molecule has 0 aliphatic heterocycles. The Morgan fingerprint density at radius 2 is 1.82 bits per heavy atom. The standard InChI is InChI=1S/C13H20F2N2/c1-2-3-4-5-6-7-8-16-13-12(15)9-11(14)10-17-13/h9-10H,2-8H2,1H3,(H,16,17). The molecule has 1 rings (SSSR count). The van der Waals surface area contributed by atoms with Crippen molar-refractivity contribution in [2.45, 2.75) is 45.4 Å². The molecule has 0 aromatic carbocycles. The van der Waals surface area contributed by atoms with Crippen molar-refractivity contribution in [3.05, 3.63) is 23.9 Å². The molecule has 0 unspecified atom stereocenters. The third-order valence-corrected chi connectivity index (χ3v) is 2.63. The van der Waals surface area contributed by atoms with E-state index in [0.29, 0.717) is 6.54 Å². The van der Waals surface area contributed by atoms with Gasteiger partial charge in [0.1, 0.15) is 5.82 Å². The first-order chi connectivity index (χ1) is 8.24. The van der Waals surface area contributed by atoms with Crippen molar-refractivity contribution in [3.63, 3.8) is 0 Å². The molecule has 0 fully saturated rings. The predicted octanol–water partition coefficient (Wildman–Crippen LogP) is 4.13. The lowest BCUT2D eigenvalue weighted by Gasteiger charge is -2.06. The summed E-state index contributed by atoms with van der Waals surface area (Å²) in [6.07, 6.45) is 8.14. The quantitative estimate of drug-likeness (QED) is 0.693. The maximum atomic E-state index is 13.2. The van der Waals surface area contributed by atoms with Crippen LogP contribution in [0.3, 0.4) is 0 Å². The van der Waals surface area contributed by atoms with Gasteiger partial charge in [0.2, 0.25) is 0 Å². The Morgan fingerprint density at radius 3 is 2.53 bits per heavy atom. The Balaban J connectivity index is 2.14. The van der Waals surface area contributed by atoms with Crippen LogP contribution in [0.15, 0.2) is 12.3 Å². The highest BCUT2D eigenvalue weighted by Crippen LogP contribution is 2.11. The highest BCUT2D eigenvalue weighted by atomic mass is 19.1. The molecule has 0 amide bonds. The number of halogens is 2. The van der Waals surface area contributed by atoms with Crippen molar-refractivity contribution < 1.29 is 8.78 Å². The van der Waals surface area contributed by atoms with Crippen LogP contribution in [-0.2, 0) is 0 Å². The topological polar surface area (TPSA) is 24.9 Å². The molecule has 1 N–H and O–H groups in total. The molecule has 4 heteroatoms. The smallest absolute Gasteiger partial charge is 0.168 e. The predicted molar refractivity (Wildman–Crippen MR) is 66.0 cm³/mol. The number of hydrogen-bond donors (Lipinski definition) is 1. The first-order valence-corrected chi connectivity index (χ1v) is 6.29. The van der Waals surface area contributed by atoms with Gasteiger partial charge >= 0.3 is 0 Å². The van der Waals surface area contributed by atoms with Crippen molar-refractivity contribution in [1.82, 2.24) is 4.98 Å². The highest BCUT2D eigenvalue weighted by Gasteiger charge is 2.03. The van der Waals surface area contributed by atoms with Gasteiger partial charge in [-0.05, 0) is 6.42 Å². The van der Waals surface area contributed by atoms with Crippen LogP contribution >= 0.6 is 0 Å². The summed E-state index contributed by atoms with van der Waals surface area (Å²) < 4.78 is 25.7. The van der Waals surface area contributed by atoms with Gasteiger partial charge in [0.25, 0.3) is 0 Å². The van der Waals surface area contributed by atoms with Gasteiger partial charge < -0.3 is 5.32 Å². The second-order valence-corrected chi connectivity index (χ2v) is 4.18. The molecule has 0 atom stereocenters. The summed E-state index contributed by atoms with van der Waals surface area (Å²) in [5.41, 5.74) is 0. The van der Waals surface area contributed by atoms with E-state index in [4.69, 9.17) is 0 Å². The number of hydrogen-bond acceptors (Lipinski definition) is 2. The molecular formula is C13H20F2N2. The SMILES string of the molecule is CCCCCCCCNc1ncc(F)cc1F. The minimum Gasteiger partial charge on any atom is -0.368 e. The van der Waals surface area contributed by atoms with Crippen LogP contribution in [0.5, 0.6) is 0 Å². The van der Waals surface area contributed by atoms with Crippen molar-refractivity contribution in [2.24, 2.45) is 0 Å². The van der Waals surface area contributed by atoms with Gasteiger partial charge in [0.05, 0.1) is 6.20 Å². The number of anilines is 1. The molecule has 2 nitrogen and oxygen atoms in total. The zero-order valence-electron chi connectivity index (χ0n) is 10.3. The van der Waals surface area contributed by atoms with Gasteiger partial charge in [0.15, 0.2) is 11.6 Å². The summed E-state index contributed by atoms with van der Waals surface area (Å²) in [6.45, 7) is 2.87. The largest absolute Gasteiger partial charge is 0.368 e. The minimum absolute atomic E-state index is 0.139. The molecule has 0 aliphatic carbocycles. The summed E-state index contributed by atoms with van der Waals surface area (Å²) >= 11 is 0. The molecule has 0 saturated heterocycles. The van der Waals surface area contributed by atoms with Crippen LogP contribution in [0, 0.1) is 11.6 Å². The van der Waals surface area contributed by atoms with Crippen LogP contribution in [0.25, 0.3) is 0 Å². The van der Waals surface area contributed by atoms with Crippen LogP contribution < -0.4 is 5.32 Å². The van der Waals surface area contributed by atoms with E-state index < -0.39 is 11.6 Å². The Kier molecular flexibility index (Phi) is 6.51. The van der Waals surface area contributed by atoms with Gasteiger partial charge in [-0.25, -0.2) is 13.8 Å². The summed E-state index contributed by atoms with van der Waals surface area (Å²) in [6, 6.07) is 0.844. The van der Waals surface area contributed by atoms with E-state index in [0.717, 1.165) is 25.1 Å². The normalized spacial score (nSPS) is 10.5. The van der Waals surface area contributed by atoms with Crippen molar-refractivity contribution >= 4 is 5.82 Å². The zero-order valence-corrected chi connectivity index (χ0v) is 10.3. The first-order valence-electron chi connectivity index (χ1n) is 6.29. The van der Waals surface area contributed by atoms with E-state index in [1.165, 1.54) is 25.7 Å². The van der Waals surface area contributed by atoms with E-state index in [-0.39, 0.29) is 5.82 Å². The van der Waals surface area contributed by atoms with E-state index >= 15 is 0 Å². The van der Waals surface area contributed by atoms with E-state index in [9.17, 15) is 8.78 Å². The number of nitrogens with one attached hydrogen (secondary N) is 1. The molecule has 17 heavy (non-hydrogen) atoms. The van der Waals surface area contributed by atoms with Crippen molar-refractivity contribution in [2.75, 3.05) is 11.9 Å². The molecule has 0 spiro atoms. The molecule has 1 aromatic heterocycles. The lowest BCUT2D eigenvalue weighted by molar-refractivity contribution is 0.573. The average Bonchev–Trinajstić information content (AvgIpc) is 2.30. The zero-order chi connectivity index (χ0) is 12.5.